The number of carbonyl (C=O) groups is 1. The Morgan fingerprint density at radius 2 is 2.33 bits per heavy atom. The van der Waals surface area contributed by atoms with Crippen molar-refractivity contribution in [3.8, 4) is 0 Å². The number of hydrogen-bond acceptors (Lipinski definition) is 4. The van der Waals surface area contributed by atoms with Gasteiger partial charge in [-0.15, -0.1) is 0 Å². The average Bonchev–Trinajstić information content (AvgIpc) is 1.63. The van der Waals surface area contributed by atoms with Gasteiger partial charge in [-0.05, 0) is 6.92 Å². The minimum atomic E-state index is -0.820. The van der Waals surface area contributed by atoms with Crippen molar-refractivity contribution in [2.45, 2.75) is 13.0 Å². The Morgan fingerprint density at radius 3 is 2.67 bits per heavy atom. The van der Waals surface area contributed by atoms with Crippen LogP contribution in [0.15, 0.2) is 0 Å². The van der Waals surface area contributed by atoms with Crippen molar-refractivity contribution in [1.29, 1.82) is 0 Å². The van der Waals surface area contributed by atoms with Gasteiger partial charge in [0.25, 0.3) is 0 Å². The first-order chi connectivity index (χ1) is 4.16. The summed E-state index contributed by atoms with van der Waals surface area (Å²) >= 11 is 0. The fourth-order valence-corrected chi connectivity index (χ4v) is 0.368. The van der Waals surface area contributed by atoms with E-state index in [0.717, 1.165) is 0 Å². The van der Waals surface area contributed by atoms with Crippen molar-refractivity contribution in [2.75, 3.05) is 6.61 Å². The number of hydrogen-bond donors (Lipinski definition) is 2. The maximum Gasteiger partial charge on any atom is 0.404 e. The molecule has 0 aromatic carbocycles. The molecule has 4 N–H and O–H groups in total. The van der Waals surface area contributed by atoms with E-state index in [1.165, 1.54) is 0 Å². The summed E-state index contributed by atoms with van der Waals surface area (Å²) in [6.45, 7) is 1.78. The van der Waals surface area contributed by atoms with Crippen LogP contribution in [0.3, 0.4) is 0 Å². The van der Waals surface area contributed by atoms with Crippen LogP contribution < -0.4 is 11.6 Å². The molecule has 1 atom stereocenters. The molecule has 0 aliphatic heterocycles. The summed E-state index contributed by atoms with van der Waals surface area (Å²) in [6, 6.07) is 0. The molecular weight excluding hydrogens is 124 g/mol. The molecule has 0 aliphatic carbocycles. The fraction of sp³-hybridized carbons (Fsp3) is 0.750. The van der Waals surface area contributed by atoms with Crippen LogP contribution in [0.1, 0.15) is 6.92 Å². The molecular formula is C4H10N2O3. The van der Waals surface area contributed by atoms with Gasteiger partial charge in [0.15, 0.2) is 0 Å². The summed E-state index contributed by atoms with van der Waals surface area (Å²) in [6.07, 6.45) is -1.20. The molecule has 0 saturated heterocycles. The third-order valence-electron chi connectivity index (χ3n) is 0.648. The molecule has 0 aromatic rings. The van der Waals surface area contributed by atoms with Gasteiger partial charge >= 0.3 is 6.09 Å². The Morgan fingerprint density at radius 1 is 1.78 bits per heavy atom. The normalized spacial score (nSPS) is 12.7. The largest absolute Gasteiger partial charge is 0.444 e. The standard InChI is InChI=1S/C4H10N2O3/c1-3(2-8-6)9-4(5)7/h3H,2,6H2,1H3,(H2,5,7)/t3-/m1/s1. The number of primary amides is 1. The summed E-state index contributed by atoms with van der Waals surface area (Å²) in [5.74, 6) is 4.67. The van der Waals surface area contributed by atoms with E-state index < -0.39 is 6.09 Å². The number of carbonyl (C=O) groups excluding carboxylic acids is 1. The molecule has 5 heteroatoms. The van der Waals surface area contributed by atoms with Crippen LogP contribution in [0.2, 0.25) is 0 Å². The molecule has 9 heavy (non-hydrogen) atoms. The molecule has 5 nitrogen and oxygen atoms in total. The van der Waals surface area contributed by atoms with Crippen molar-refractivity contribution >= 4 is 6.09 Å². The lowest BCUT2D eigenvalue weighted by Gasteiger charge is -2.07. The predicted octanol–water partition coefficient (Wildman–Crippen LogP) is -0.640. The second-order valence-corrected chi connectivity index (χ2v) is 1.58. The number of rotatable bonds is 3. The van der Waals surface area contributed by atoms with E-state index in [-0.39, 0.29) is 12.7 Å². The van der Waals surface area contributed by atoms with E-state index in [2.05, 4.69) is 21.2 Å². The molecule has 0 spiro atoms. The van der Waals surface area contributed by atoms with Gasteiger partial charge in [-0.2, -0.15) is 0 Å². The minimum Gasteiger partial charge on any atom is -0.444 e. The zero-order chi connectivity index (χ0) is 7.28. The second kappa shape index (κ2) is 4.11. The van der Waals surface area contributed by atoms with Crippen LogP contribution >= 0.6 is 0 Å². The average molecular weight is 134 g/mol. The zero-order valence-electron chi connectivity index (χ0n) is 5.16. The molecule has 0 aromatic heterocycles. The lowest BCUT2D eigenvalue weighted by atomic mass is 10.4. The van der Waals surface area contributed by atoms with E-state index >= 15 is 0 Å². The van der Waals surface area contributed by atoms with Gasteiger partial charge in [-0.3, -0.25) is 0 Å². The highest BCUT2D eigenvalue weighted by atomic mass is 16.6. The lowest BCUT2D eigenvalue weighted by Crippen LogP contribution is -2.25. The first-order valence-electron chi connectivity index (χ1n) is 2.44. The second-order valence-electron chi connectivity index (χ2n) is 1.58. The third-order valence-corrected chi connectivity index (χ3v) is 0.648. The van der Waals surface area contributed by atoms with Gasteiger partial charge in [0.1, 0.15) is 12.7 Å². The minimum absolute atomic E-state index is 0.156. The molecule has 54 valence electrons. The molecule has 1 amide bonds. The highest BCUT2D eigenvalue weighted by Gasteiger charge is 2.03. The third kappa shape index (κ3) is 5.05. The summed E-state index contributed by atoms with van der Waals surface area (Å²) in [5.41, 5.74) is 4.67. The summed E-state index contributed by atoms with van der Waals surface area (Å²) < 4.78 is 4.42. The van der Waals surface area contributed by atoms with Gasteiger partial charge in [-0.25, -0.2) is 10.7 Å². The molecule has 0 aliphatic rings. The molecule has 0 radical (unpaired) electrons. The van der Waals surface area contributed by atoms with Crippen molar-refractivity contribution in [2.24, 2.45) is 11.6 Å². The van der Waals surface area contributed by atoms with Gasteiger partial charge in [0.2, 0.25) is 0 Å². The lowest BCUT2D eigenvalue weighted by molar-refractivity contribution is 0.0320. The maximum absolute atomic E-state index is 9.99. The molecule has 0 unspecified atom stereocenters. The predicted molar refractivity (Wildman–Crippen MR) is 30.3 cm³/mol. The van der Waals surface area contributed by atoms with E-state index in [1.54, 1.807) is 6.92 Å². The maximum atomic E-state index is 9.99. The molecule has 0 heterocycles. The zero-order valence-corrected chi connectivity index (χ0v) is 5.16. The SMILES string of the molecule is C[C@H](CON)OC(N)=O. The van der Waals surface area contributed by atoms with Crippen LogP contribution in [-0.4, -0.2) is 18.8 Å². The number of nitrogens with two attached hydrogens (primary N) is 2. The van der Waals surface area contributed by atoms with Crippen LogP contribution in [0.5, 0.6) is 0 Å². The van der Waals surface area contributed by atoms with Crippen molar-refractivity contribution in [1.82, 2.24) is 0 Å². The van der Waals surface area contributed by atoms with Gasteiger partial charge in [0, 0.05) is 0 Å². The van der Waals surface area contributed by atoms with E-state index in [1.807, 2.05) is 0 Å². The van der Waals surface area contributed by atoms with Gasteiger partial charge < -0.3 is 15.3 Å². The summed E-state index contributed by atoms with van der Waals surface area (Å²) in [7, 11) is 0. The number of amides is 1. The topological polar surface area (TPSA) is 87.6 Å². The van der Waals surface area contributed by atoms with Crippen LogP contribution in [0.25, 0.3) is 0 Å². The highest BCUT2D eigenvalue weighted by Crippen LogP contribution is 1.87. The Hall–Kier alpha value is -0.810. The molecule has 0 saturated carbocycles. The Labute approximate surface area is 52.9 Å². The van der Waals surface area contributed by atoms with E-state index in [9.17, 15) is 4.79 Å². The van der Waals surface area contributed by atoms with Crippen molar-refractivity contribution in [3.05, 3.63) is 0 Å². The van der Waals surface area contributed by atoms with E-state index in [4.69, 9.17) is 0 Å². The van der Waals surface area contributed by atoms with E-state index in [0.29, 0.717) is 0 Å². The van der Waals surface area contributed by atoms with Gasteiger partial charge in [0.05, 0.1) is 0 Å². The summed E-state index contributed by atoms with van der Waals surface area (Å²) in [4.78, 5) is 14.2. The number of ether oxygens (including phenoxy) is 1. The van der Waals surface area contributed by atoms with Crippen LogP contribution in [0.4, 0.5) is 4.79 Å². The molecule has 0 bridgehead atoms. The first kappa shape index (κ1) is 8.19. The molecule has 0 fully saturated rings. The Balaban J connectivity index is 3.26. The van der Waals surface area contributed by atoms with Gasteiger partial charge in [-0.1, -0.05) is 0 Å². The quantitative estimate of drug-likeness (QED) is 0.502. The Bertz CT molecular complexity index is 95.8. The fourth-order valence-electron chi connectivity index (χ4n) is 0.368. The monoisotopic (exact) mass is 134 g/mol. The van der Waals surface area contributed by atoms with Crippen LogP contribution in [0, 0.1) is 0 Å². The smallest absolute Gasteiger partial charge is 0.404 e. The van der Waals surface area contributed by atoms with Crippen molar-refractivity contribution < 1.29 is 14.4 Å². The highest BCUT2D eigenvalue weighted by molar-refractivity contribution is 5.64. The summed E-state index contributed by atoms with van der Waals surface area (Å²) in [5, 5.41) is 0. The van der Waals surface area contributed by atoms with Crippen molar-refractivity contribution in [3.63, 3.8) is 0 Å². The molecule has 0 rings (SSSR count). The van der Waals surface area contributed by atoms with Crippen LogP contribution in [-0.2, 0) is 9.57 Å². The first-order valence-corrected chi connectivity index (χ1v) is 2.44. The Kier molecular flexibility index (Phi) is 3.74.